The summed E-state index contributed by atoms with van der Waals surface area (Å²) >= 11 is 0. The molecular formula is C13H24N2O2. The number of rotatable bonds is 2. The molecule has 3 unspecified atom stereocenters. The van der Waals surface area contributed by atoms with E-state index in [-0.39, 0.29) is 17.9 Å². The molecule has 2 aliphatic heterocycles. The summed E-state index contributed by atoms with van der Waals surface area (Å²) in [5.74, 6) is 0.850. The highest BCUT2D eigenvalue weighted by molar-refractivity contribution is 5.79. The lowest BCUT2D eigenvalue weighted by Crippen LogP contribution is -2.51. The largest absolute Gasteiger partial charge is 0.381 e. The first-order valence-corrected chi connectivity index (χ1v) is 6.84. The summed E-state index contributed by atoms with van der Waals surface area (Å²) < 4.78 is 5.40. The summed E-state index contributed by atoms with van der Waals surface area (Å²) in [5, 5.41) is 0. The van der Waals surface area contributed by atoms with E-state index in [1.165, 1.54) is 0 Å². The van der Waals surface area contributed by atoms with Crippen molar-refractivity contribution >= 4 is 5.91 Å². The fourth-order valence-electron chi connectivity index (χ4n) is 2.88. The smallest absolute Gasteiger partial charge is 0.228 e. The van der Waals surface area contributed by atoms with Crippen LogP contribution in [0.2, 0.25) is 0 Å². The maximum atomic E-state index is 12.3. The molecule has 0 aromatic rings. The Balaban J connectivity index is 1.90. The Bertz CT molecular complexity index is 264. The van der Waals surface area contributed by atoms with Crippen LogP contribution < -0.4 is 5.73 Å². The highest BCUT2D eigenvalue weighted by Crippen LogP contribution is 2.23. The van der Waals surface area contributed by atoms with Crippen molar-refractivity contribution in [2.45, 2.75) is 38.6 Å². The van der Waals surface area contributed by atoms with Crippen LogP contribution in [0.4, 0.5) is 0 Å². The molecule has 4 heteroatoms. The average Bonchev–Trinajstić information content (AvgIpc) is 2.39. The minimum atomic E-state index is 0.0931. The summed E-state index contributed by atoms with van der Waals surface area (Å²) in [6, 6.07) is 0.270. The van der Waals surface area contributed by atoms with Crippen molar-refractivity contribution in [1.29, 1.82) is 0 Å². The molecule has 4 nitrogen and oxygen atoms in total. The normalized spacial score (nSPS) is 34.7. The maximum Gasteiger partial charge on any atom is 0.228 e. The van der Waals surface area contributed by atoms with E-state index in [9.17, 15) is 4.79 Å². The predicted octanol–water partition coefficient (Wildman–Crippen LogP) is 0.999. The molecule has 0 aromatic carbocycles. The molecule has 17 heavy (non-hydrogen) atoms. The van der Waals surface area contributed by atoms with Gasteiger partial charge < -0.3 is 15.4 Å². The molecule has 0 spiro atoms. The van der Waals surface area contributed by atoms with E-state index < -0.39 is 0 Å². The van der Waals surface area contributed by atoms with Crippen LogP contribution >= 0.6 is 0 Å². The summed E-state index contributed by atoms with van der Waals surface area (Å²) in [6.07, 6.45) is 4.00. The van der Waals surface area contributed by atoms with E-state index in [2.05, 4.69) is 6.92 Å². The lowest BCUT2D eigenvalue weighted by atomic mass is 9.89. The number of carbonyl (C=O) groups excluding carboxylic acids is 1. The zero-order valence-corrected chi connectivity index (χ0v) is 10.7. The van der Waals surface area contributed by atoms with Gasteiger partial charge in [0.15, 0.2) is 0 Å². The van der Waals surface area contributed by atoms with Crippen LogP contribution in [0.3, 0.4) is 0 Å². The van der Waals surface area contributed by atoms with Gasteiger partial charge in [0, 0.05) is 25.7 Å². The second kappa shape index (κ2) is 5.83. The SMILES string of the molecule is CCC1CN(C(=O)C2CCCOC2)CCC1N. The Kier molecular flexibility index (Phi) is 4.40. The molecule has 2 rings (SSSR count). The topological polar surface area (TPSA) is 55.6 Å². The van der Waals surface area contributed by atoms with Gasteiger partial charge in [-0.3, -0.25) is 4.79 Å². The number of nitrogens with two attached hydrogens (primary N) is 1. The van der Waals surface area contributed by atoms with E-state index >= 15 is 0 Å². The molecule has 2 N–H and O–H groups in total. The standard InChI is InChI=1S/C13H24N2O2/c1-2-10-8-15(6-5-12(10)14)13(16)11-4-3-7-17-9-11/h10-12H,2-9,14H2,1H3. The third-order valence-corrected chi connectivity index (χ3v) is 4.14. The number of piperidine rings is 1. The van der Waals surface area contributed by atoms with Gasteiger partial charge in [0.1, 0.15) is 0 Å². The van der Waals surface area contributed by atoms with Crippen LogP contribution in [-0.4, -0.2) is 43.2 Å². The molecule has 1 amide bonds. The van der Waals surface area contributed by atoms with Crippen molar-refractivity contribution in [3.05, 3.63) is 0 Å². The third-order valence-electron chi connectivity index (χ3n) is 4.14. The van der Waals surface area contributed by atoms with Crippen LogP contribution in [0.5, 0.6) is 0 Å². The number of amides is 1. The number of likely N-dealkylation sites (tertiary alicyclic amines) is 1. The van der Waals surface area contributed by atoms with Gasteiger partial charge in [0.25, 0.3) is 0 Å². The van der Waals surface area contributed by atoms with Crippen molar-refractivity contribution in [2.75, 3.05) is 26.3 Å². The minimum absolute atomic E-state index is 0.0931. The summed E-state index contributed by atoms with van der Waals surface area (Å²) in [5.41, 5.74) is 6.07. The molecular weight excluding hydrogens is 216 g/mol. The number of hydrogen-bond donors (Lipinski definition) is 1. The first-order valence-electron chi connectivity index (χ1n) is 6.84. The molecule has 0 saturated carbocycles. The minimum Gasteiger partial charge on any atom is -0.381 e. The number of hydrogen-bond acceptors (Lipinski definition) is 3. The van der Waals surface area contributed by atoms with Gasteiger partial charge in [-0.15, -0.1) is 0 Å². The Morgan fingerprint density at radius 3 is 2.94 bits per heavy atom. The van der Waals surface area contributed by atoms with E-state index in [0.29, 0.717) is 12.5 Å². The van der Waals surface area contributed by atoms with Gasteiger partial charge in [-0.25, -0.2) is 0 Å². The Hall–Kier alpha value is -0.610. The van der Waals surface area contributed by atoms with Crippen LogP contribution in [0.25, 0.3) is 0 Å². The van der Waals surface area contributed by atoms with E-state index in [0.717, 1.165) is 45.4 Å². The summed E-state index contributed by atoms with van der Waals surface area (Å²) in [6.45, 7) is 5.24. The molecule has 2 heterocycles. The zero-order valence-electron chi connectivity index (χ0n) is 10.7. The molecule has 98 valence electrons. The number of carbonyl (C=O) groups is 1. The van der Waals surface area contributed by atoms with E-state index in [4.69, 9.17) is 10.5 Å². The average molecular weight is 240 g/mol. The van der Waals surface area contributed by atoms with Crippen LogP contribution in [0, 0.1) is 11.8 Å². The number of nitrogens with zero attached hydrogens (tertiary/aromatic N) is 1. The molecule has 2 aliphatic rings. The van der Waals surface area contributed by atoms with Crippen LogP contribution in [-0.2, 0) is 9.53 Å². The second-order valence-electron chi connectivity index (χ2n) is 5.32. The second-order valence-corrected chi connectivity index (χ2v) is 5.32. The Morgan fingerprint density at radius 1 is 1.47 bits per heavy atom. The first-order chi connectivity index (χ1) is 8.22. The van der Waals surface area contributed by atoms with E-state index in [1.807, 2.05) is 4.90 Å². The third kappa shape index (κ3) is 2.99. The first kappa shape index (κ1) is 12.8. The molecule has 0 radical (unpaired) electrons. The number of ether oxygens (including phenoxy) is 1. The molecule has 0 aromatic heterocycles. The highest BCUT2D eigenvalue weighted by atomic mass is 16.5. The summed E-state index contributed by atoms with van der Waals surface area (Å²) in [4.78, 5) is 14.3. The molecule has 3 atom stereocenters. The predicted molar refractivity (Wildman–Crippen MR) is 66.5 cm³/mol. The van der Waals surface area contributed by atoms with Crippen molar-refractivity contribution in [3.8, 4) is 0 Å². The van der Waals surface area contributed by atoms with Gasteiger partial charge in [0.2, 0.25) is 5.91 Å². The lowest BCUT2D eigenvalue weighted by molar-refractivity contribution is -0.141. The summed E-state index contributed by atoms with van der Waals surface area (Å²) in [7, 11) is 0. The zero-order chi connectivity index (χ0) is 12.3. The maximum absolute atomic E-state index is 12.3. The quantitative estimate of drug-likeness (QED) is 0.783. The molecule has 0 bridgehead atoms. The van der Waals surface area contributed by atoms with Crippen molar-refractivity contribution in [2.24, 2.45) is 17.6 Å². The molecule has 2 fully saturated rings. The lowest BCUT2D eigenvalue weighted by Gasteiger charge is -2.38. The van der Waals surface area contributed by atoms with Crippen LogP contribution in [0.15, 0.2) is 0 Å². The molecule has 0 aliphatic carbocycles. The van der Waals surface area contributed by atoms with Gasteiger partial charge in [-0.1, -0.05) is 13.3 Å². The highest BCUT2D eigenvalue weighted by Gasteiger charge is 2.32. The fraction of sp³-hybridized carbons (Fsp3) is 0.923. The van der Waals surface area contributed by atoms with Crippen molar-refractivity contribution in [3.63, 3.8) is 0 Å². The fourth-order valence-corrected chi connectivity index (χ4v) is 2.88. The van der Waals surface area contributed by atoms with Crippen LogP contribution in [0.1, 0.15) is 32.6 Å². The Morgan fingerprint density at radius 2 is 2.29 bits per heavy atom. The van der Waals surface area contributed by atoms with Gasteiger partial charge >= 0.3 is 0 Å². The Labute approximate surface area is 103 Å². The van der Waals surface area contributed by atoms with Crippen molar-refractivity contribution in [1.82, 2.24) is 4.90 Å². The van der Waals surface area contributed by atoms with Gasteiger partial charge in [-0.2, -0.15) is 0 Å². The monoisotopic (exact) mass is 240 g/mol. The van der Waals surface area contributed by atoms with E-state index in [1.54, 1.807) is 0 Å². The van der Waals surface area contributed by atoms with Gasteiger partial charge in [0.05, 0.1) is 12.5 Å². The van der Waals surface area contributed by atoms with Crippen molar-refractivity contribution < 1.29 is 9.53 Å². The van der Waals surface area contributed by atoms with Gasteiger partial charge in [-0.05, 0) is 25.2 Å². The molecule has 2 saturated heterocycles.